The van der Waals surface area contributed by atoms with E-state index < -0.39 is 0 Å². The molecular formula is C18H22N4O3. The van der Waals surface area contributed by atoms with E-state index in [1.165, 1.54) is 11.6 Å². The van der Waals surface area contributed by atoms with Gasteiger partial charge in [-0.3, -0.25) is 20.0 Å². The van der Waals surface area contributed by atoms with E-state index in [1.54, 1.807) is 18.3 Å². The molecule has 0 saturated carbocycles. The second-order valence-electron chi connectivity index (χ2n) is 6.22. The van der Waals surface area contributed by atoms with Crippen molar-refractivity contribution < 1.29 is 10.0 Å². The zero-order valence-electron chi connectivity index (χ0n) is 14.2. The number of hydrogen-bond acceptors (Lipinski definition) is 6. The lowest BCUT2D eigenvalue weighted by Crippen LogP contribution is -2.47. The number of aliphatic hydroxyl groups excluding tert-OH is 1. The summed E-state index contributed by atoms with van der Waals surface area (Å²) < 4.78 is 0. The highest BCUT2D eigenvalue weighted by Crippen LogP contribution is 2.31. The Bertz CT molecular complexity index is 730. The van der Waals surface area contributed by atoms with E-state index in [0.717, 1.165) is 13.1 Å². The van der Waals surface area contributed by atoms with Gasteiger partial charge in [-0.25, -0.2) is 0 Å². The van der Waals surface area contributed by atoms with Crippen LogP contribution >= 0.6 is 0 Å². The van der Waals surface area contributed by atoms with Gasteiger partial charge in [-0.15, -0.1) is 0 Å². The summed E-state index contributed by atoms with van der Waals surface area (Å²) in [6.07, 6.45) is 3.65. The molecule has 132 valence electrons. The third-order valence-electron chi connectivity index (χ3n) is 4.79. The lowest BCUT2D eigenvalue weighted by molar-refractivity contribution is -0.384. The number of rotatable bonds is 5. The number of aromatic nitrogens is 1. The van der Waals surface area contributed by atoms with E-state index in [-0.39, 0.29) is 23.3 Å². The molecule has 0 aliphatic carbocycles. The summed E-state index contributed by atoms with van der Waals surface area (Å²) in [6.45, 7) is 5.08. The van der Waals surface area contributed by atoms with Crippen molar-refractivity contribution in [2.45, 2.75) is 19.6 Å². The number of nitro benzene ring substituents is 1. The second-order valence-corrected chi connectivity index (χ2v) is 6.22. The monoisotopic (exact) mass is 342 g/mol. The predicted molar refractivity (Wildman–Crippen MR) is 95.5 cm³/mol. The summed E-state index contributed by atoms with van der Waals surface area (Å²) in [5.41, 5.74) is 2.53. The van der Waals surface area contributed by atoms with Crippen LogP contribution in [0.2, 0.25) is 0 Å². The number of pyridine rings is 1. The molecule has 1 N–H and O–H groups in total. The predicted octanol–water partition coefficient (Wildman–Crippen LogP) is 2.37. The molecule has 25 heavy (non-hydrogen) atoms. The normalized spacial score (nSPS) is 16.6. The molecule has 0 amide bonds. The molecular weight excluding hydrogens is 320 g/mol. The molecule has 7 heteroatoms. The van der Waals surface area contributed by atoms with Gasteiger partial charge in [0.15, 0.2) is 0 Å². The zero-order valence-corrected chi connectivity index (χ0v) is 14.2. The Morgan fingerprint density at radius 1 is 1.28 bits per heavy atom. The van der Waals surface area contributed by atoms with Crippen molar-refractivity contribution in [3.63, 3.8) is 0 Å². The van der Waals surface area contributed by atoms with Crippen LogP contribution in [0.3, 0.4) is 0 Å². The molecule has 1 aromatic heterocycles. The summed E-state index contributed by atoms with van der Waals surface area (Å²) in [5, 5.41) is 20.6. The molecule has 1 atom stereocenters. The molecule has 1 fully saturated rings. The maximum Gasteiger partial charge on any atom is 0.292 e. The van der Waals surface area contributed by atoms with Gasteiger partial charge in [0.1, 0.15) is 5.69 Å². The standard InChI is InChI=1S/C18H22N4O3/c1-14(16-3-2-6-19-12-16)20-7-9-21(10-8-20)18-11-15(13-23)4-5-17(18)22(24)25/h2-6,11-12,14,23H,7-10,13H2,1H3. The highest BCUT2D eigenvalue weighted by molar-refractivity contribution is 5.64. The molecule has 1 saturated heterocycles. The van der Waals surface area contributed by atoms with Crippen LogP contribution in [0.4, 0.5) is 11.4 Å². The molecule has 7 nitrogen and oxygen atoms in total. The van der Waals surface area contributed by atoms with Crippen molar-refractivity contribution in [2.75, 3.05) is 31.1 Å². The quantitative estimate of drug-likeness (QED) is 0.663. The Morgan fingerprint density at radius 3 is 2.64 bits per heavy atom. The highest BCUT2D eigenvalue weighted by Gasteiger charge is 2.26. The van der Waals surface area contributed by atoms with E-state index in [1.807, 2.05) is 17.2 Å². The molecule has 3 rings (SSSR count). The van der Waals surface area contributed by atoms with Gasteiger partial charge >= 0.3 is 0 Å². The van der Waals surface area contributed by atoms with Gasteiger partial charge in [0.25, 0.3) is 5.69 Å². The minimum absolute atomic E-state index is 0.0888. The fraction of sp³-hybridized carbons (Fsp3) is 0.389. The van der Waals surface area contributed by atoms with Crippen LogP contribution in [0.25, 0.3) is 0 Å². The van der Waals surface area contributed by atoms with Gasteiger partial charge in [-0.1, -0.05) is 6.07 Å². The molecule has 2 heterocycles. The number of nitro groups is 1. The molecule has 1 unspecified atom stereocenters. The third-order valence-corrected chi connectivity index (χ3v) is 4.79. The third kappa shape index (κ3) is 3.78. The van der Waals surface area contributed by atoms with Gasteiger partial charge in [0.2, 0.25) is 0 Å². The van der Waals surface area contributed by atoms with E-state index >= 15 is 0 Å². The van der Waals surface area contributed by atoms with Crippen LogP contribution in [0.15, 0.2) is 42.7 Å². The van der Waals surface area contributed by atoms with Gasteiger partial charge in [0.05, 0.1) is 11.5 Å². The van der Waals surface area contributed by atoms with E-state index in [2.05, 4.69) is 22.9 Å². The number of benzene rings is 1. The number of aliphatic hydroxyl groups is 1. The van der Waals surface area contributed by atoms with Crippen LogP contribution in [0, 0.1) is 10.1 Å². The maximum atomic E-state index is 11.3. The first-order valence-electron chi connectivity index (χ1n) is 8.37. The Hall–Kier alpha value is -2.51. The van der Waals surface area contributed by atoms with Crippen LogP contribution in [-0.2, 0) is 6.61 Å². The van der Waals surface area contributed by atoms with Crippen molar-refractivity contribution in [2.24, 2.45) is 0 Å². The zero-order chi connectivity index (χ0) is 17.8. The molecule has 0 spiro atoms. The molecule has 2 aromatic rings. The first kappa shape index (κ1) is 17.3. The van der Waals surface area contributed by atoms with Gasteiger partial charge in [0, 0.05) is 50.7 Å². The van der Waals surface area contributed by atoms with E-state index in [0.29, 0.717) is 24.3 Å². The van der Waals surface area contributed by atoms with Crippen molar-refractivity contribution >= 4 is 11.4 Å². The van der Waals surface area contributed by atoms with Crippen LogP contribution in [0.5, 0.6) is 0 Å². The van der Waals surface area contributed by atoms with Crippen molar-refractivity contribution in [3.05, 3.63) is 64.0 Å². The summed E-state index contributed by atoms with van der Waals surface area (Å²) in [6, 6.07) is 9.06. The van der Waals surface area contributed by atoms with Gasteiger partial charge in [-0.05, 0) is 36.2 Å². The minimum Gasteiger partial charge on any atom is -0.392 e. The average Bonchev–Trinajstić information content (AvgIpc) is 2.67. The summed E-state index contributed by atoms with van der Waals surface area (Å²) in [7, 11) is 0. The average molecular weight is 342 g/mol. The van der Waals surface area contributed by atoms with Crippen LogP contribution < -0.4 is 4.90 Å². The lowest BCUT2D eigenvalue weighted by atomic mass is 10.1. The molecule has 1 aromatic carbocycles. The number of anilines is 1. The first-order valence-corrected chi connectivity index (χ1v) is 8.37. The fourth-order valence-electron chi connectivity index (χ4n) is 3.26. The number of nitrogens with zero attached hydrogens (tertiary/aromatic N) is 4. The second kappa shape index (κ2) is 7.58. The van der Waals surface area contributed by atoms with E-state index in [9.17, 15) is 15.2 Å². The van der Waals surface area contributed by atoms with Gasteiger partial charge in [-0.2, -0.15) is 0 Å². The fourth-order valence-corrected chi connectivity index (χ4v) is 3.26. The Balaban J connectivity index is 1.73. The van der Waals surface area contributed by atoms with Crippen molar-refractivity contribution in [3.8, 4) is 0 Å². The van der Waals surface area contributed by atoms with E-state index in [4.69, 9.17) is 0 Å². The Labute approximate surface area is 146 Å². The lowest BCUT2D eigenvalue weighted by Gasteiger charge is -2.39. The number of hydrogen-bond donors (Lipinski definition) is 1. The topological polar surface area (TPSA) is 82.7 Å². The summed E-state index contributed by atoms with van der Waals surface area (Å²) in [5.74, 6) is 0. The summed E-state index contributed by atoms with van der Waals surface area (Å²) in [4.78, 5) is 19.5. The molecule has 1 aliphatic heterocycles. The van der Waals surface area contributed by atoms with Crippen molar-refractivity contribution in [1.82, 2.24) is 9.88 Å². The van der Waals surface area contributed by atoms with Crippen molar-refractivity contribution in [1.29, 1.82) is 0 Å². The van der Waals surface area contributed by atoms with Gasteiger partial charge < -0.3 is 10.0 Å². The minimum atomic E-state index is -0.360. The molecule has 1 aliphatic rings. The number of piperazine rings is 1. The summed E-state index contributed by atoms with van der Waals surface area (Å²) >= 11 is 0. The largest absolute Gasteiger partial charge is 0.392 e. The smallest absolute Gasteiger partial charge is 0.292 e. The Kier molecular flexibility index (Phi) is 5.25. The Morgan fingerprint density at radius 2 is 2.04 bits per heavy atom. The molecule has 0 radical (unpaired) electrons. The highest BCUT2D eigenvalue weighted by atomic mass is 16.6. The maximum absolute atomic E-state index is 11.3. The SMILES string of the molecule is CC(c1cccnc1)N1CCN(c2cc(CO)ccc2[N+](=O)[O-])CC1. The van der Waals surface area contributed by atoms with Crippen LogP contribution in [0.1, 0.15) is 24.1 Å². The first-order chi connectivity index (χ1) is 12.1. The van der Waals surface area contributed by atoms with Crippen LogP contribution in [-0.4, -0.2) is 46.1 Å². The molecule has 0 bridgehead atoms.